The van der Waals surface area contributed by atoms with Gasteiger partial charge in [-0.2, -0.15) is 0 Å². The van der Waals surface area contributed by atoms with Crippen LogP contribution < -0.4 is 15.5 Å². The van der Waals surface area contributed by atoms with Crippen molar-refractivity contribution in [2.24, 2.45) is 4.99 Å². The lowest BCUT2D eigenvalue weighted by Crippen LogP contribution is -2.44. The van der Waals surface area contributed by atoms with Gasteiger partial charge in [0, 0.05) is 37.9 Å². The average molecular weight is 541 g/mol. The molecule has 2 N–H and O–H groups in total. The van der Waals surface area contributed by atoms with E-state index in [0.29, 0.717) is 26.1 Å². The molecule has 3 rings (SSSR count). The molecule has 30 heavy (non-hydrogen) atoms. The summed E-state index contributed by atoms with van der Waals surface area (Å²) >= 11 is 0. The first-order chi connectivity index (χ1) is 13.9. The van der Waals surface area contributed by atoms with E-state index in [0.717, 1.165) is 0 Å². The normalized spacial score (nSPS) is 16.4. The van der Waals surface area contributed by atoms with Crippen LogP contribution >= 0.6 is 24.0 Å². The Balaban J connectivity index is 0.00000320. The smallest absolute Gasteiger partial charge is 0.191 e. The van der Waals surface area contributed by atoms with Gasteiger partial charge in [-0.3, -0.25) is 0 Å². The fraction of sp³-hybridized carbons (Fsp3) is 0.368. The summed E-state index contributed by atoms with van der Waals surface area (Å²) in [4.78, 5) is 9.86. The van der Waals surface area contributed by atoms with Crippen LogP contribution in [0.5, 0.6) is 0 Å². The fourth-order valence-corrected chi connectivity index (χ4v) is 3.11. The van der Waals surface area contributed by atoms with E-state index in [-0.39, 0.29) is 47.9 Å². The largest absolute Gasteiger partial charge is 0.357 e. The molecule has 5 nitrogen and oxygen atoms in total. The highest BCUT2D eigenvalue weighted by Crippen LogP contribution is 2.22. The van der Waals surface area contributed by atoms with Gasteiger partial charge in [0.15, 0.2) is 40.9 Å². The highest BCUT2D eigenvalue weighted by atomic mass is 127. The molecule has 164 valence electrons. The molecule has 1 unspecified atom stereocenters. The Morgan fingerprint density at radius 1 is 1.17 bits per heavy atom. The molecule has 11 heteroatoms. The van der Waals surface area contributed by atoms with Gasteiger partial charge in [0.25, 0.3) is 0 Å². The summed E-state index contributed by atoms with van der Waals surface area (Å²) in [6.07, 6.45) is 2.16. The molecule has 0 spiro atoms. The van der Waals surface area contributed by atoms with E-state index >= 15 is 0 Å². The summed E-state index contributed by atoms with van der Waals surface area (Å²) in [5.74, 6) is -5.84. The second-order valence-corrected chi connectivity index (χ2v) is 6.53. The lowest BCUT2D eigenvalue weighted by Gasteiger charge is -2.20. The van der Waals surface area contributed by atoms with Crippen molar-refractivity contribution >= 4 is 35.8 Å². The van der Waals surface area contributed by atoms with Crippen molar-refractivity contribution in [3.05, 3.63) is 59.0 Å². The fourth-order valence-electron chi connectivity index (χ4n) is 3.11. The van der Waals surface area contributed by atoms with Gasteiger partial charge in [0.1, 0.15) is 0 Å². The molecule has 1 fully saturated rings. The van der Waals surface area contributed by atoms with Crippen molar-refractivity contribution in [3.63, 3.8) is 0 Å². The molecule has 1 aliphatic heterocycles. The van der Waals surface area contributed by atoms with Crippen molar-refractivity contribution in [1.29, 1.82) is 0 Å². The van der Waals surface area contributed by atoms with Crippen LogP contribution in [0.3, 0.4) is 0 Å². The number of hydrogen-bond donors (Lipinski definition) is 2. The molecule has 1 aromatic carbocycles. The van der Waals surface area contributed by atoms with Crippen LogP contribution in [0.2, 0.25) is 0 Å². The highest BCUT2D eigenvalue weighted by molar-refractivity contribution is 14.0. The Hall–Kier alpha value is -2.18. The third-order valence-electron chi connectivity index (χ3n) is 4.51. The van der Waals surface area contributed by atoms with E-state index in [1.165, 1.54) is 18.3 Å². The lowest BCUT2D eigenvalue weighted by atomic mass is 10.2. The number of pyridine rings is 1. The molecule has 1 atom stereocenters. The monoisotopic (exact) mass is 541 g/mol. The molecule has 0 radical (unpaired) electrons. The van der Waals surface area contributed by atoms with E-state index < -0.39 is 41.2 Å². The number of guanidine groups is 1. The van der Waals surface area contributed by atoms with Crippen molar-refractivity contribution in [2.75, 3.05) is 24.5 Å². The van der Waals surface area contributed by atoms with Gasteiger partial charge in [0.05, 0.1) is 12.1 Å². The van der Waals surface area contributed by atoms with Crippen LogP contribution in [0, 0.1) is 29.1 Å². The molecule has 0 amide bonds. The number of aliphatic imine (C=N–C) groups is 1. The molecule has 0 saturated carbocycles. The van der Waals surface area contributed by atoms with Gasteiger partial charge < -0.3 is 15.5 Å². The molecule has 2 heterocycles. The summed E-state index contributed by atoms with van der Waals surface area (Å²) < 4.78 is 68.3. The Morgan fingerprint density at radius 2 is 1.87 bits per heavy atom. The summed E-state index contributed by atoms with van der Waals surface area (Å²) in [5.41, 5.74) is -0.789. The van der Waals surface area contributed by atoms with E-state index in [9.17, 15) is 22.0 Å². The average Bonchev–Trinajstić information content (AvgIpc) is 3.15. The minimum Gasteiger partial charge on any atom is -0.357 e. The first-order valence-electron chi connectivity index (χ1n) is 9.12. The zero-order chi connectivity index (χ0) is 21.0. The van der Waals surface area contributed by atoms with Gasteiger partial charge in [0.2, 0.25) is 0 Å². The molecule has 1 saturated heterocycles. The summed E-state index contributed by atoms with van der Waals surface area (Å²) in [7, 11) is 0. The number of aromatic nitrogens is 1. The van der Waals surface area contributed by atoms with Crippen LogP contribution in [0.15, 0.2) is 29.4 Å². The van der Waals surface area contributed by atoms with Crippen LogP contribution in [0.1, 0.15) is 18.9 Å². The topological polar surface area (TPSA) is 52.6 Å². The Morgan fingerprint density at radius 3 is 2.50 bits per heavy atom. The molecular weight excluding hydrogens is 520 g/mol. The predicted molar refractivity (Wildman–Crippen MR) is 114 cm³/mol. The third-order valence-corrected chi connectivity index (χ3v) is 4.51. The zero-order valence-corrected chi connectivity index (χ0v) is 18.4. The highest BCUT2D eigenvalue weighted by Gasteiger charge is 2.26. The second-order valence-electron chi connectivity index (χ2n) is 6.53. The molecule has 0 bridgehead atoms. The quantitative estimate of drug-likeness (QED) is 0.199. The summed E-state index contributed by atoms with van der Waals surface area (Å²) in [6.45, 7) is 2.66. The van der Waals surface area contributed by atoms with Crippen molar-refractivity contribution in [2.45, 2.75) is 25.9 Å². The second kappa shape index (κ2) is 10.7. The Labute approximate surface area is 187 Å². The number of nitrogens with one attached hydrogen (secondary N) is 2. The molecule has 2 aromatic rings. The van der Waals surface area contributed by atoms with Gasteiger partial charge in [-0.05, 0) is 25.5 Å². The van der Waals surface area contributed by atoms with Crippen molar-refractivity contribution in [1.82, 2.24) is 15.6 Å². The number of anilines is 1. The first kappa shape index (κ1) is 24.1. The first-order valence-corrected chi connectivity index (χ1v) is 9.12. The van der Waals surface area contributed by atoms with Crippen molar-refractivity contribution in [3.8, 4) is 0 Å². The maximum atomic E-state index is 13.9. The maximum Gasteiger partial charge on any atom is 0.191 e. The van der Waals surface area contributed by atoms with Gasteiger partial charge in [-0.15, -0.1) is 24.0 Å². The zero-order valence-electron chi connectivity index (χ0n) is 16.1. The SMILES string of the molecule is CCNC(=NCc1c(F)c(F)cc(F)c1F)NC1CCN(c2ncccc2F)C1.I. The summed E-state index contributed by atoms with van der Waals surface area (Å²) in [6, 6.07) is 2.86. The molecule has 1 aliphatic rings. The van der Waals surface area contributed by atoms with E-state index in [1.54, 1.807) is 11.8 Å². The molecular formula is C19H21F5IN5. The van der Waals surface area contributed by atoms with E-state index in [2.05, 4.69) is 20.6 Å². The Kier molecular flexibility index (Phi) is 8.62. The van der Waals surface area contributed by atoms with Crippen LogP contribution in [0.4, 0.5) is 27.8 Å². The Bertz CT molecular complexity index is 885. The number of benzene rings is 1. The van der Waals surface area contributed by atoms with Gasteiger partial charge in [-0.25, -0.2) is 31.9 Å². The van der Waals surface area contributed by atoms with Gasteiger partial charge >= 0.3 is 0 Å². The number of nitrogens with zero attached hydrogens (tertiary/aromatic N) is 3. The maximum absolute atomic E-state index is 13.9. The van der Waals surface area contributed by atoms with Gasteiger partial charge in [-0.1, -0.05) is 0 Å². The summed E-state index contributed by atoms with van der Waals surface area (Å²) in [5, 5.41) is 6.00. The minimum absolute atomic E-state index is 0. The number of halogens is 6. The minimum atomic E-state index is -1.48. The molecule has 1 aromatic heterocycles. The van der Waals surface area contributed by atoms with Crippen LogP contribution in [-0.4, -0.2) is 36.6 Å². The van der Waals surface area contributed by atoms with Crippen LogP contribution in [-0.2, 0) is 6.54 Å². The third kappa shape index (κ3) is 5.49. The van der Waals surface area contributed by atoms with Crippen LogP contribution in [0.25, 0.3) is 0 Å². The lowest BCUT2D eigenvalue weighted by molar-refractivity contribution is 0.439. The van der Waals surface area contributed by atoms with E-state index in [4.69, 9.17) is 0 Å². The van der Waals surface area contributed by atoms with E-state index in [1.807, 2.05) is 0 Å². The predicted octanol–water partition coefficient (Wildman–Crippen LogP) is 3.73. The number of rotatable bonds is 5. The standard InChI is InChI=1S/C19H20F5N5.HI/c1-2-25-19(27-9-12-16(23)14(21)8-15(22)17(12)24)28-11-5-7-29(10-11)18-13(20)4-3-6-26-18;/h3-4,6,8,11H,2,5,7,9-10H2,1H3,(H2,25,27,28);1H. The van der Waals surface area contributed by atoms with Crippen molar-refractivity contribution < 1.29 is 22.0 Å². The molecule has 0 aliphatic carbocycles. The number of hydrogen-bond acceptors (Lipinski definition) is 3.